The van der Waals surface area contributed by atoms with Crippen LogP contribution in [0.1, 0.15) is 39.0 Å². The second-order valence-corrected chi connectivity index (χ2v) is 3.89. The highest BCUT2D eigenvalue weighted by molar-refractivity contribution is 5.85. The second-order valence-electron chi connectivity index (χ2n) is 3.89. The van der Waals surface area contributed by atoms with Gasteiger partial charge >= 0.3 is 11.9 Å². The Hall–Kier alpha value is -2.10. The van der Waals surface area contributed by atoms with E-state index in [1.807, 2.05) is 0 Å². The van der Waals surface area contributed by atoms with E-state index in [2.05, 4.69) is 31.4 Å². The van der Waals surface area contributed by atoms with Crippen LogP contribution in [0.15, 0.2) is 49.8 Å². The first-order chi connectivity index (χ1) is 9.49. The van der Waals surface area contributed by atoms with E-state index in [1.165, 1.54) is 6.26 Å². The molecule has 0 fully saturated rings. The molecule has 4 nitrogen and oxygen atoms in total. The van der Waals surface area contributed by atoms with Gasteiger partial charge in [-0.2, -0.15) is 0 Å². The zero-order valence-electron chi connectivity index (χ0n) is 12.1. The molecule has 0 saturated heterocycles. The molecule has 0 aromatic carbocycles. The zero-order chi connectivity index (χ0) is 15.8. The number of hydrogen-bond donors (Lipinski definition) is 1. The molecule has 112 valence electrons. The normalized spacial score (nSPS) is 9.25. The van der Waals surface area contributed by atoms with E-state index >= 15 is 0 Å². The molecule has 4 heteroatoms. The largest absolute Gasteiger partial charge is 0.478 e. The van der Waals surface area contributed by atoms with E-state index < -0.39 is 11.9 Å². The van der Waals surface area contributed by atoms with Gasteiger partial charge in [-0.15, -0.1) is 6.58 Å². The number of rotatable bonds is 9. The molecule has 20 heavy (non-hydrogen) atoms. The third-order valence-corrected chi connectivity index (χ3v) is 2.09. The van der Waals surface area contributed by atoms with Crippen molar-refractivity contribution >= 4 is 11.9 Å². The fourth-order valence-electron chi connectivity index (χ4n) is 0.965. The van der Waals surface area contributed by atoms with Crippen LogP contribution in [0.25, 0.3) is 0 Å². The molecule has 0 amide bonds. The first-order valence-electron chi connectivity index (χ1n) is 6.49. The van der Waals surface area contributed by atoms with Gasteiger partial charge in [0.05, 0.1) is 6.26 Å². The summed E-state index contributed by atoms with van der Waals surface area (Å²) in [7, 11) is 0. The third-order valence-electron chi connectivity index (χ3n) is 2.09. The summed E-state index contributed by atoms with van der Waals surface area (Å²) < 4.78 is 4.56. The number of ether oxygens (including phenoxy) is 1. The van der Waals surface area contributed by atoms with Gasteiger partial charge in [0.2, 0.25) is 0 Å². The summed E-state index contributed by atoms with van der Waals surface area (Å²) >= 11 is 0. The molecular weight excluding hydrogens is 256 g/mol. The lowest BCUT2D eigenvalue weighted by Gasteiger charge is -1.95. The van der Waals surface area contributed by atoms with Crippen molar-refractivity contribution in [1.29, 1.82) is 0 Å². The van der Waals surface area contributed by atoms with Gasteiger partial charge < -0.3 is 9.84 Å². The fourth-order valence-corrected chi connectivity index (χ4v) is 0.965. The topological polar surface area (TPSA) is 63.6 Å². The van der Waals surface area contributed by atoms with Crippen LogP contribution in [-0.2, 0) is 14.3 Å². The molecule has 0 unspecified atom stereocenters. The van der Waals surface area contributed by atoms with Crippen LogP contribution >= 0.6 is 0 Å². The molecule has 0 spiro atoms. The minimum absolute atomic E-state index is 0.279. The van der Waals surface area contributed by atoms with Crippen molar-refractivity contribution in [2.45, 2.75) is 39.0 Å². The molecule has 0 rings (SSSR count). The molecule has 1 N–H and O–H groups in total. The molecule has 0 saturated carbocycles. The number of allylic oxidation sites excluding steroid dienone is 2. The van der Waals surface area contributed by atoms with Crippen molar-refractivity contribution in [3.05, 3.63) is 49.8 Å². The van der Waals surface area contributed by atoms with Crippen molar-refractivity contribution in [1.82, 2.24) is 0 Å². The lowest BCUT2D eigenvalue weighted by Crippen LogP contribution is -1.97. The summed E-state index contributed by atoms with van der Waals surface area (Å²) in [6.07, 6.45) is 10.3. The van der Waals surface area contributed by atoms with E-state index in [9.17, 15) is 9.59 Å². The number of carboxylic acid groups (broad SMARTS) is 1. The van der Waals surface area contributed by atoms with Gasteiger partial charge in [-0.3, -0.25) is 0 Å². The van der Waals surface area contributed by atoms with Crippen molar-refractivity contribution < 1.29 is 19.4 Å². The predicted molar refractivity (Wildman–Crippen MR) is 81.2 cm³/mol. The van der Waals surface area contributed by atoms with Gasteiger partial charge in [-0.25, -0.2) is 9.59 Å². The molecule has 0 atom stereocenters. The molecule has 0 aliphatic rings. The quantitative estimate of drug-likeness (QED) is 0.228. The van der Waals surface area contributed by atoms with Crippen LogP contribution in [0.3, 0.4) is 0 Å². The number of carboxylic acids is 1. The SMILES string of the molecule is C=CC(=O)OC=CCCC.C=CCCCC(=C)C(=O)O. The van der Waals surface area contributed by atoms with Gasteiger partial charge in [0.25, 0.3) is 0 Å². The van der Waals surface area contributed by atoms with Crippen LogP contribution < -0.4 is 0 Å². The average molecular weight is 280 g/mol. The van der Waals surface area contributed by atoms with E-state index in [0.717, 1.165) is 31.8 Å². The first-order valence-corrected chi connectivity index (χ1v) is 6.49. The lowest BCUT2D eigenvalue weighted by atomic mass is 10.1. The molecule has 0 aliphatic heterocycles. The number of esters is 1. The highest BCUT2D eigenvalue weighted by Crippen LogP contribution is 2.04. The minimum Gasteiger partial charge on any atom is -0.478 e. The number of carbonyl (C=O) groups excluding carboxylic acids is 1. The van der Waals surface area contributed by atoms with Crippen LogP contribution in [0.5, 0.6) is 0 Å². The highest BCUT2D eigenvalue weighted by atomic mass is 16.5. The molecule has 0 bridgehead atoms. The number of hydrogen-bond acceptors (Lipinski definition) is 3. The van der Waals surface area contributed by atoms with Crippen LogP contribution in [0.2, 0.25) is 0 Å². The Labute approximate surface area is 121 Å². The van der Waals surface area contributed by atoms with Gasteiger partial charge in [0, 0.05) is 11.6 Å². The van der Waals surface area contributed by atoms with Crippen molar-refractivity contribution in [3.8, 4) is 0 Å². The lowest BCUT2D eigenvalue weighted by molar-refractivity contribution is -0.133. The fraction of sp³-hybridized carbons (Fsp3) is 0.375. The maximum atomic E-state index is 10.4. The Morgan fingerprint density at radius 1 is 1.25 bits per heavy atom. The van der Waals surface area contributed by atoms with Gasteiger partial charge in [0.1, 0.15) is 0 Å². The van der Waals surface area contributed by atoms with E-state index in [1.54, 1.807) is 12.2 Å². The van der Waals surface area contributed by atoms with Crippen LogP contribution in [0.4, 0.5) is 0 Å². The summed E-state index contributed by atoms with van der Waals surface area (Å²) in [5, 5.41) is 8.36. The summed E-state index contributed by atoms with van der Waals surface area (Å²) in [6, 6.07) is 0. The highest BCUT2D eigenvalue weighted by Gasteiger charge is 2.00. The summed E-state index contributed by atoms with van der Waals surface area (Å²) in [4.78, 5) is 20.6. The number of carbonyl (C=O) groups is 2. The molecule has 0 radical (unpaired) electrons. The molecule has 0 aromatic heterocycles. The first kappa shape index (κ1) is 20.2. The van der Waals surface area contributed by atoms with Crippen molar-refractivity contribution in [2.75, 3.05) is 0 Å². The van der Waals surface area contributed by atoms with Gasteiger partial charge in [-0.1, -0.05) is 32.6 Å². The zero-order valence-corrected chi connectivity index (χ0v) is 12.1. The Bertz CT molecular complexity index is 353. The summed E-state index contributed by atoms with van der Waals surface area (Å²) in [5.74, 6) is -1.31. The van der Waals surface area contributed by atoms with Crippen LogP contribution in [-0.4, -0.2) is 17.0 Å². The van der Waals surface area contributed by atoms with E-state index in [-0.39, 0.29) is 5.57 Å². The maximum absolute atomic E-state index is 10.4. The molecule has 0 aromatic rings. The predicted octanol–water partition coefficient (Wildman–Crippen LogP) is 4.01. The van der Waals surface area contributed by atoms with Crippen LogP contribution in [0, 0.1) is 0 Å². The van der Waals surface area contributed by atoms with Crippen molar-refractivity contribution in [3.63, 3.8) is 0 Å². The molecular formula is C16H24O4. The Morgan fingerprint density at radius 2 is 1.90 bits per heavy atom. The Morgan fingerprint density at radius 3 is 2.35 bits per heavy atom. The standard InChI is InChI=1S/2C8H12O2/c1-3-4-5-6-7(2)8(9)10;1-3-5-6-7-10-8(9)4-2/h3H,1-2,4-6H2,(H,9,10);4,6-7H,2-3,5H2,1H3. The number of aliphatic carboxylic acids is 1. The monoisotopic (exact) mass is 280 g/mol. The summed E-state index contributed by atoms with van der Waals surface area (Å²) in [6.45, 7) is 12.2. The van der Waals surface area contributed by atoms with Gasteiger partial charge in [-0.05, 0) is 31.8 Å². The van der Waals surface area contributed by atoms with E-state index in [0.29, 0.717) is 6.42 Å². The Kier molecular flexibility index (Phi) is 15.1. The molecule has 0 heterocycles. The third kappa shape index (κ3) is 15.9. The minimum atomic E-state index is -0.899. The number of unbranched alkanes of at least 4 members (excludes halogenated alkanes) is 2. The van der Waals surface area contributed by atoms with Gasteiger partial charge in [0.15, 0.2) is 0 Å². The second kappa shape index (κ2) is 15.0. The Balaban J connectivity index is 0. The van der Waals surface area contributed by atoms with E-state index in [4.69, 9.17) is 5.11 Å². The maximum Gasteiger partial charge on any atom is 0.334 e. The molecule has 0 aliphatic carbocycles. The summed E-state index contributed by atoms with van der Waals surface area (Å²) in [5.41, 5.74) is 0.279. The average Bonchev–Trinajstić information content (AvgIpc) is 2.44. The van der Waals surface area contributed by atoms with Crippen molar-refractivity contribution in [2.24, 2.45) is 0 Å². The smallest absolute Gasteiger partial charge is 0.334 e.